The van der Waals surface area contributed by atoms with Gasteiger partial charge in [-0.15, -0.1) is 0 Å². The highest BCUT2D eigenvalue weighted by Crippen LogP contribution is 2.39. The zero-order chi connectivity index (χ0) is 42.1. The van der Waals surface area contributed by atoms with Crippen LogP contribution >= 0.6 is 0 Å². The highest BCUT2D eigenvalue weighted by molar-refractivity contribution is 6.07. The third-order valence-corrected chi connectivity index (χ3v) is 11.4. The number of alkyl carbamates (subject to hydrolysis) is 1. The normalized spacial score (nSPS) is 37.1. The minimum absolute atomic E-state index is 0.0907. The van der Waals surface area contributed by atoms with E-state index in [9.17, 15) is 34.4 Å². The molecular weight excluding hydrogens is 747 g/mol. The van der Waals surface area contributed by atoms with Crippen molar-refractivity contribution in [1.29, 1.82) is 0 Å². The van der Waals surface area contributed by atoms with Gasteiger partial charge in [0.2, 0.25) is 0 Å². The Bertz CT molecular complexity index is 1890. The number of pyridine rings is 1. The number of carbonyl (C=O) groups excluding carboxylic acids is 4. The smallest absolute Gasteiger partial charge is 0.407 e. The Labute approximate surface area is 330 Å². The van der Waals surface area contributed by atoms with Gasteiger partial charge in [0.25, 0.3) is 11.4 Å². The third kappa shape index (κ3) is 9.33. The lowest BCUT2D eigenvalue weighted by molar-refractivity contribution is -0.384. The molecule has 0 aliphatic carbocycles. The number of nitro groups is 1. The number of non-ortho nitro benzene ring substituents is 1. The number of carbonyl (C=O) groups is 4. The van der Waals surface area contributed by atoms with E-state index in [2.05, 4.69) is 10.3 Å². The van der Waals surface area contributed by atoms with Gasteiger partial charge in [0.15, 0.2) is 18.2 Å². The number of aliphatic hydroxyl groups is 1. The molecule has 3 fully saturated rings. The van der Waals surface area contributed by atoms with Gasteiger partial charge < -0.3 is 39.0 Å². The maximum absolute atomic E-state index is 16.6. The van der Waals surface area contributed by atoms with Crippen LogP contribution in [0.15, 0.2) is 36.5 Å². The van der Waals surface area contributed by atoms with Gasteiger partial charge in [-0.2, -0.15) is 0 Å². The number of nitrogens with one attached hydrogen (secondary N) is 1. The molecule has 17 heteroatoms. The number of esters is 1. The Balaban J connectivity index is 1.56. The number of nitrogens with zero attached hydrogens (tertiary/aromatic N) is 3. The Morgan fingerprint density at radius 1 is 1.09 bits per heavy atom. The van der Waals surface area contributed by atoms with Crippen LogP contribution in [0.2, 0.25) is 0 Å². The number of hydrogen-bond acceptors (Lipinski definition) is 14. The van der Waals surface area contributed by atoms with Crippen molar-refractivity contribution in [2.45, 2.75) is 121 Å². The first-order chi connectivity index (χ1) is 26.6. The van der Waals surface area contributed by atoms with Crippen molar-refractivity contribution >= 4 is 46.3 Å². The third-order valence-electron chi connectivity index (χ3n) is 11.4. The first-order valence-corrected chi connectivity index (χ1v) is 19.1. The standard InChI is InChI=1S/C40H53FN4O12/c1-20-18-39(6,53-14-10-11-25-16-26-17-27(45(51)52)12-13-28(26)42-19-25)35(57-36-32(47)29(44(8)9)15-21(2)54-36)23(4)34(48)40(7,41)37(49)55-24(5)33-30(22(3)31(20)46)43-38(50)56-33/h10-13,16-17,19-24,29-30,32-33,35-36,47H,14-15,18H2,1-9H3,(H,43,50)/b11-10+/t20-,21-,22-,23+,24+,29+,30?,32-,33?,35-,36+,39+,40?/m1/s1. The molecule has 1 amide bonds. The second-order valence-corrected chi connectivity index (χ2v) is 16.2. The predicted octanol–water partition coefficient (Wildman–Crippen LogP) is 4.33. The molecule has 2 aromatic rings. The minimum Gasteiger partial charge on any atom is -0.456 e. The first kappa shape index (κ1) is 43.7. The molecule has 0 radical (unpaired) electrons. The number of rotatable bonds is 8. The molecular formula is C40H53FN4O12. The van der Waals surface area contributed by atoms with Crippen molar-refractivity contribution in [2.24, 2.45) is 17.8 Å². The van der Waals surface area contributed by atoms with E-state index in [-0.39, 0.29) is 24.5 Å². The quantitative estimate of drug-likeness (QED) is 0.165. The number of ether oxygens (including phenoxy) is 5. The number of halogens is 1. The van der Waals surface area contributed by atoms with Gasteiger partial charge in [0.1, 0.15) is 18.0 Å². The molecule has 16 nitrogen and oxygen atoms in total. The number of ketones is 2. The fourth-order valence-corrected chi connectivity index (χ4v) is 8.20. The van der Waals surface area contributed by atoms with Crippen molar-refractivity contribution in [3.63, 3.8) is 0 Å². The van der Waals surface area contributed by atoms with Crippen LogP contribution in [-0.2, 0) is 38.1 Å². The molecule has 3 saturated heterocycles. The summed E-state index contributed by atoms with van der Waals surface area (Å²) < 4.78 is 46.6. The zero-order valence-corrected chi connectivity index (χ0v) is 33.7. The number of amides is 1. The van der Waals surface area contributed by atoms with E-state index in [1.165, 1.54) is 26.0 Å². The van der Waals surface area contributed by atoms with Gasteiger partial charge in [0, 0.05) is 47.5 Å². The van der Waals surface area contributed by atoms with Crippen molar-refractivity contribution in [2.75, 3.05) is 20.7 Å². The van der Waals surface area contributed by atoms with Gasteiger partial charge in [-0.3, -0.25) is 24.7 Å². The van der Waals surface area contributed by atoms with Gasteiger partial charge in [0.05, 0.1) is 40.9 Å². The molecule has 4 heterocycles. The summed E-state index contributed by atoms with van der Waals surface area (Å²) in [5, 5.41) is 26.0. The van der Waals surface area contributed by atoms with Crippen LogP contribution in [0.1, 0.15) is 66.9 Å². The number of likely N-dealkylation sites (N-methyl/N-ethyl adjacent to an activating group) is 1. The number of Topliss-reactive ketones (excluding diaryl/α,β-unsaturated/α-hetero) is 2. The molecule has 3 aliphatic heterocycles. The molecule has 3 aliphatic rings. The molecule has 3 unspecified atom stereocenters. The van der Waals surface area contributed by atoms with Crippen LogP contribution in [0, 0.1) is 27.9 Å². The summed E-state index contributed by atoms with van der Waals surface area (Å²) >= 11 is 0. The minimum atomic E-state index is -3.22. The monoisotopic (exact) mass is 800 g/mol. The van der Waals surface area contributed by atoms with E-state index < -0.39 is 101 Å². The largest absolute Gasteiger partial charge is 0.456 e. The number of cyclic esters (lactones) is 1. The van der Waals surface area contributed by atoms with Crippen LogP contribution in [0.4, 0.5) is 14.9 Å². The molecule has 13 atom stereocenters. The average molecular weight is 801 g/mol. The Morgan fingerprint density at radius 2 is 1.79 bits per heavy atom. The lowest BCUT2D eigenvalue weighted by atomic mass is 9.75. The van der Waals surface area contributed by atoms with Crippen molar-refractivity contribution in [3.05, 3.63) is 52.2 Å². The van der Waals surface area contributed by atoms with Crippen molar-refractivity contribution in [3.8, 4) is 0 Å². The average Bonchev–Trinajstić information content (AvgIpc) is 3.56. The zero-order valence-electron chi connectivity index (χ0n) is 33.7. The molecule has 1 aromatic heterocycles. The van der Waals surface area contributed by atoms with E-state index in [4.69, 9.17) is 23.7 Å². The van der Waals surface area contributed by atoms with Gasteiger partial charge >= 0.3 is 12.1 Å². The second-order valence-electron chi connectivity index (χ2n) is 16.2. The summed E-state index contributed by atoms with van der Waals surface area (Å²) in [7, 11) is 3.58. The number of alkyl halides is 1. The van der Waals surface area contributed by atoms with Crippen LogP contribution < -0.4 is 5.32 Å². The van der Waals surface area contributed by atoms with Crippen molar-refractivity contribution in [1.82, 2.24) is 15.2 Å². The second kappa shape index (κ2) is 17.2. The van der Waals surface area contributed by atoms with Crippen LogP contribution in [0.5, 0.6) is 0 Å². The summed E-state index contributed by atoms with van der Waals surface area (Å²) in [5.41, 5.74) is -3.77. The fourth-order valence-electron chi connectivity index (χ4n) is 8.20. The molecule has 5 rings (SSSR count). The van der Waals surface area contributed by atoms with Crippen LogP contribution in [0.25, 0.3) is 17.0 Å². The lowest BCUT2D eigenvalue weighted by Gasteiger charge is -2.47. The lowest BCUT2D eigenvalue weighted by Crippen LogP contribution is -2.60. The molecule has 1 aromatic carbocycles. The highest BCUT2D eigenvalue weighted by atomic mass is 19.1. The summed E-state index contributed by atoms with van der Waals surface area (Å²) in [6.07, 6.45) is -2.37. The molecule has 312 valence electrons. The summed E-state index contributed by atoms with van der Waals surface area (Å²) in [4.78, 5) is 71.4. The number of fused-ring (bicyclic) bond motifs is 2. The summed E-state index contributed by atoms with van der Waals surface area (Å²) in [6.45, 7) is 10.1. The summed E-state index contributed by atoms with van der Waals surface area (Å²) in [6, 6.07) is 4.68. The maximum atomic E-state index is 16.6. The van der Waals surface area contributed by atoms with Crippen LogP contribution in [0.3, 0.4) is 0 Å². The highest BCUT2D eigenvalue weighted by Gasteiger charge is 2.55. The fraction of sp³-hybridized carbons (Fsp3) is 0.625. The van der Waals surface area contributed by atoms with Gasteiger partial charge in [-0.1, -0.05) is 32.9 Å². The molecule has 0 spiro atoms. The van der Waals surface area contributed by atoms with Crippen LogP contribution in [-0.4, -0.2) is 124 Å². The predicted molar refractivity (Wildman–Crippen MR) is 203 cm³/mol. The van der Waals surface area contributed by atoms with Gasteiger partial charge in [-0.05, 0) is 72.3 Å². The Kier molecular flexibility index (Phi) is 13.2. The van der Waals surface area contributed by atoms with E-state index in [0.29, 0.717) is 22.9 Å². The molecule has 57 heavy (non-hydrogen) atoms. The first-order valence-electron chi connectivity index (χ1n) is 19.1. The molecule has 0 bridgehead atoms. The van der Waals surface area contributed by atoms with Crippen molar-refractivity contribution < 1.29 is 57.3 Å². The number of nitro benzene ring substituents is 1. The maximum Gasteiger partial charge on any atom is 0.407 e. The number of aliphatic hydroxyl groups excluding tert-OH is 1. The van der Waals surface area contributed by atoms with E-state index in [1.54, 1.807) is 72.3 Å². The molecule has 2 N–H and O–H groups in total. The van der Waals surface area contributed by atoms with E-state index in [1.807, 2.05) is 4.90 Å². The molecule has 0 saturated carbocycles. The number of aromatic nitrogens is 1. The Hall–Kier alpha value is -4.42. The van der Waals surface area contributed by atoms with Gasteiger partial charge in [-0.25, -0.2) is 14.0 Å². The summed E-state index contributed by atoms with van der Waals surface area (Å²) in [5.74, 6) is -6.19. The van der Waals surface area contributed by atoms with E-state index >= 15 is 4.39 Å². The number of benzene rings is 1. The topological polar surface area (TPSA) is 206 Å². The van der Waals surface area contributed by atoms with E-state index in [0.717, 1.165) is 6.92 Å². The SMILES string of the molecule is C[C@@H]1C[C@H](N(C)C)[C@@H](O)[C@H](O[C@@H]2[C@@H](C)C(=O)C(C)(F)C(=O)O[C@@H](C)C3OC(=O)NC3[C@@H](C)C(=O)[C@H](C)C[C@]2(C)OC/C=C/c2cnc3ccc([N+](=O)[O-])cc3c2)O1. The number of hydrogen-bond donors (Lipinski definition) is 2. The Morgan fingerprint density at radius 3 is 2.46 bits per heavy atom.